The van der Waals surface area contributed by atoms with Crippen LogP contribution in [-0.2, 0) is 24.3 Å². The fourth-order valence-electron chi connectivity index (χ4n) is 4.39. The van der Waals surface area contributed by atoms with E-state index in [1.54, 1.807) is 0 Å². The maximum Gasteiger partial charge on any atom is 0.243 e. The number of para-hydroxylation sites is 2. The second kappa shape index (κ2) is 8.59. The summed E-state index contributed by atoms with van der Waals surface area (Å²) in [6.07, 6.45) is 6.78. The molecule has 1 aromatic heterocycles. The third-order valence-electron chi connectivity index (χ3n) is 5.87. The SMILES string of the molecule is CCc1nc2ccccc2n1CC(=O)N(Cc1ccccc1)C1CCCCC1. The van der Waals surface area contributed by atoms with Gasteiger partial charge in [0.1, 0.15) is 12.4 Å². The van der Waals surface area contributed by atoms with Gasteiger partial charge in [-0.25, -0.2) is 4.98 Å². The number of carbonyl (C=O) groups is 1. The Morgan fingerprint density at radius 1 is 1.04 bits per heavy atom. The molecule has 0 aliphatic heterocycles. The van der Waals surface area contributed by atoms with Gasteiger partial charge < -0.3 is 9.47 Å². The smallest absolute Gasteiger partial charge is 0.243 e. The lowest BCUT2D eigenvalue weighted by Gasteiger charge is -2.35. The van der Waals surface area contributed by atoms with Crippen molar-refractivity contribution in [2.75, 3.05) is 0 Å². The number of fused-ring (bicyclic) bond motifs is 1. The number of amides is 1. The number of rotatable bonds is 6. The van der Waals surface area contributed by atoms with Gasteiger partial charge in [0.15, 0.2) is 0 Å². The van der Waals surface area contributed by atoms with E-state index in [4.69, 9.17) is 4.98 Å². The van der Waals surface area contributed by atoms with Gasteiger partial charge in [-0.3, -0.25) is 4.79 Å². The second-order valence-electron chi connectivity index (χ2n) is 7.76. The van der Waals surface area contributed by atoms with Crippen LogP contribution in [0.4, 0.5) is 0 Å². The average molecular weight is 376 g/mol. The molecule has 1 saturated carbocycles. The fourth-order valence-corrected chi connectivity index (χ4v) is 4.39. The second-order valence-corrected chi connectivity index (χ2v) is 7.76. The maximum atomic E-state index is 13.5. The molecule has 2 aromatic carbocycles. The van der Waals surface area contributed by atoms with Crippen molar-refractivity contribution in [1.82, 2.24) is 14.5 Å². The number of nitrogens with zero attached hydrogens (tertiary/aromatic N) is 3. The highest BCUT2D eigenvalue weighted by molar-refractivity contribution is 5.81. The minimum absolute atomic E-state index is 0.202. The number of carbonyl (C=O) groups excluding carboxylic acids is 1. The van der Waals surface area contributed by atoms with Gasteiger partial charge in [0, 0.05) is 19.0 Å². The van der Waals surface area contributed by atoms with Crippen LogP contribution in [0.15, 0.2) is 54.6 Å². The minimum atomic E-state index is 0.202. The third-order valence-corrected chi connectivity index (χ3v) is 5.87. The number of hydrogen-bond acceptors (Lipinski definition) is 2. The molecule has 0 atom stereocenters. The van der Waals surface area contributed by atoms with Gasteiger partial charge in [0.2, 0.25) is 5.91 Å². The van der Waals surface area contributed by atoms with Crippen LogP contribution in [0.5, 0.6) is 0 Å². The Kier molecular flexibility index (Phi) is 5.75. The van der Waals surface area contributed by atoms with Gasteiger partial charge in [-0.15, -0.1) is 0 Å². The number of hydrogen-bond donors (Lipinski definition) is 0. The predicted octanol–water partition coefficient (Wildman–Crippen LogP) is 4.96. The molecule has 0 bridgehead atoms. The number of aromatic nitrogens is 2. The zero-order valence-electron chi connectivity index (χ0n) is 16.7. The van der Waals surface area contributed by atoms with Crippen molar-refractivity contribution in [2.45, 2.75) is 64.6 Å². The molecule has 0 spiro atoms. The predicted molar refractivity (Wildman–Crippen MR) is 113 cm³/mol. The Balaban J connectivity index is 1.62. The third kappa shape index (κ3) is 3.96. The van der Waals surface area contributed by atoms with Gasteiger partial charge in [0.25, 0.3) is 0 Å². The molecule has 1 aliphatic carbocycles. The van der Waals surface area contributed by atoms with E-state index < -0.39 is 0 Å². The van der Waals surface area contributed by atoms with Gasteiger partial charge in [-0.1, -0.05) is 68.7 Å². The lowest BCUT2D eigenvalue weighted by Crippen LogP contribution is -2.42. The molecule has 146 valence electrons. The quantitative estimate of drug-likeness (QED) is 0.611. The highest BCUT2D eigenvalue weighted by atomic mass is 16.2. The van der Waals surface area contributed by atoms with Crippen molar-refractivity contribution in [3.05, 3.63) is 66.0 Å². The summed E-state index contributed by atoms with van der Waals surface area (Å²) in [7, 11) is 0. The molecule has 4 nitrogen and oxygen atoms in total. The van der Waals surface area contributed by atoms with E-state index >= 15 is 0 Å². The Labute approximate surface area is 167 Å². The zero-order valence-corrected chi connectivity index (χ0v) is 16.7. The Morgan fingerprint density at radius 3 is 2.50 bits per heavy atom. The first-order chi connectivity index (χ1) is 13.8. The monoisotopic (exact) mass is 375 g/mol. The summed E-state index contributed by atoms with van der Waals surface area (Å²) in [6.45, 7) is 3.16. The molecule has 0 N–H and O–H groups in total. The van der Waals surface area contributed by atoms with Crippen molar-refractivity contribution >= 4 is 16.9 Å². The number of aryl methyl sites for hydroxylation is 1. The minimum Gasteiger partial charge on any atom is -0.334 e. The van der Waals surface area contributed by atoms with Gasteiger partial charge in [0.05, 0.1) is 11.0 Å². The van der Waals surface area contributed by atoms with Gasteiger partial charge >= 0.3 is 0 Å². The van der Waals surface area contributed by atoms with Crippen molar-refractivity contribution in [3.8, 4) is 0 Å². The lowest BCUT2D eigenvalue weighted by atomic mass is 9.93. The van der Waals surface area contributed by atoms with Crippen molar-refractivity contribution in [1.29, 1.82) is 0 Å². The summed E-state index contributed by atoms with van der Waals surface area (Å²) >= 11 is 0. The molecule has 0 radical (unpaired) electrons. The molecule has 4 heteroatoms. The number of imidazole rings is 1. The summed E-state index contributed by atoms with van der Waals surface area (Å²) in [4.78, 5) is 20.4. The molecule has 1 amide bonds. The molecular weight excluding hydrogens is 346 g/mol. The summed E-state index contributed by atoms with van der Waals surface area (Å²) in [5.74, 6) is 1.19. The van der Waals surface area contributed by atoms with Crippen LogP contribution in [0, 0.1) is 0 Å². The molecule has 1 aliphatic rings. The van der Waals surface area contributed by atoms with Crippen LogP contribution in [0.3, 0.4) is 0 Å². The fraction of sp³-hybridized carbons (Fsp3) is 0.417. The Bertz CT molecular complexity index is 925. The molecule has 4 rings (SSSR count). The molecule has 0 unspecified atom stereocenters. The molecule has 0 saturated heterocycles. The lowest BCUT2D eigenvalue weighted by molar-refractivity contribution is -0.135. The van der Waals surface area contributed by atoms with E-state index in [9.17, 15) is 4.79 Å². The van der Waals surface area contributed by atoms with Gasteiger partial charge in [-0.05, 0) is 30.5 Å². The first-order valence-corrected chi connectivity index (χ1v) is 10.5. The molecule has 1 heterocycles. The van der Waals surface area contributed by atoms with E-state index in [1.807, 2.05) is 24.3 Å². The molecule has 3 aromatic rings. The first kappa shape index (κ1) is 18.7. The normalized spacial score (nSPS) is 15.0. The summed E-state index contributed by atoms with van der Waals surface area (Å²) in [5, 5.41) is 0. The van der Waals surface area contributed by atoms with Crippen LogP contribution in [0.1, 0.15) is 50.4 Å². The maximum absolute atomic E-state index is 13.5. The molecule has 28 heavy (non-hydrogen) atoms. The summed E-state index contributed by atoms with van der Waals surface area (Å²) in [6, 6.07) is 18.8. The Hall–Kier alpha value is -2.62. The summed E-state index contributed by atoms with van der Waals surface area (Å²) in [5.41, 5.74) is 3.23. The highest BCUT2D eigenvalue weighted by Crippen LogP contribution is 2.25. The molecule has 1 fully saturated rings. The van der Waals surface area contributed by atoms with E-state index in [0.29, 0.717) is 19.1 Å². The van der Waals surface area contributed by atoms with Gasteiger partial charge in [-0.2, -0.15) is 0 Å². The van der Waals surface area contributed by atoms with Crippen molar-refractivity contribution in [3.63, 3.8) is 0 Å². The Morgan fingerprint density at radius 2 is 1.75 bits per heavy atom. The van der Waals surface area contributed by atoms with Crippen LogP contribution in [0.25, 0.3) is 11.0 Å². The topological polar surface area (TPSA) is 38.1 Å². The molecular formula is C24H29N3O. The first-order valence-electron chi connectivity index (χ1n) is 10.5. The van der Waals surface area contributed by atoms with Crippen molar-refractivity contribution < 1.29 is 4.79 Å². The van der Waals surface area contributed by atoms with Crippen LogP contribution < -0.4 is 0 Å². The summed E-state index contributed by atoms with van der Waals surface area (Å²) < 4.78 is 2.11. The van der Waals surface area contributed by atoms with Crippen LogP contribution in [0.2, 0.25) is 0 Å². The standard InChI is InChI=1S/C24H29N3O/c1-2-23-25-21-15-9-10-16-22(21)27(23)18-24(28)26(20-13-7-4-8-14-20)17-19-11-5-3-6-12-19/h3,5-6,9-12,15-16,20H,2,4,7-8,13-14,17-18H2,1H3. The highest BCUT2D eigenvalue weighted by Gasteiger charge is 2.26. The van der Waals surface area contributed by atoms with E-state index in [2.05, 4.69) is 46.7 Å². The largest absolute Gasteiger partial charge is 0.334 e. The van der Waals surface area contributed by atoms with E-state index in [-0.39, 0.29) is 5.91 Å². The average Bonchev–Trinajstić information content (AvgIpc) is 3.11. The van der Waals surface area contributed by atoms with Crippen LogP contribution >= 0.6 is 0 Å². The van der Waals surface area contributed by atoms with Crippen LogP contribution in [-0.4, -0.2) is 26.4 Å². The van der Waals surface area contributed by atoms with E-state index in [0.717, 1.165) is 36.1 Å². The van der Waals surface area contributed by atoms with E-state index in [1.165, 1.54) is 24.8 Å². The van der Waals surface area contributed by atoms with Crippen molar-refractivity contribution in [2.24, 2.45) is 0 Å². The zero-order chi connectivity index (χ0) is 19.3. The number of benzene rings is 2.